The Balaban J connectivity index is 2.10. The smallest absolute Gasteiger partial charge is 0.253 e. The standard InChI is InChI=1S/C13H14BrFN2O2/c1-7(2)13-17-16-11(19-13)6-18-12-8(3)4-9(15)5-10(12)14/h4-5,7H,6H2,1-3H3. The fourth-order valence-electron chi connectivity index (χ4n) is 1.56. The summed E-state index contributed by atoms with van der Waals surface area (Å²) in [5.41, 5.74) is 0.704. The van der Waals surface area contributed by atoms with Gasteiger partial charge in [0.25, 0.3) is 5.89 Å². The molecule has 19 heavy (non-hydrogen) atoms. The summed E-state index contributed by atoms with van der Waals surface area (Å²) in [5, 5.41) is 7.82. The third-order valence-electron chi connectivity index (χ3n) is 2.51. The molecule has 0 aliphatic rings. The zero-order chi connectivity index (χ0) is 14.0. The summed E-state index contributed by atoms with van der Waals surface area (Å²) < 4.78 is 24.7. The Hall–Kier alpha value is -1.43. The maximum Gasteiger partial charge on any atom is 0.253 e. The predicted octanol–water partition coefficient (Wildman–Crippen LogP) is 3.98. The topological polar surface area (TPSA) is 48.2 Å². The van der Waals surface area contributed by atoms with Gasteiger partial charge in [0.1, 0.15) is 11.6 Å². The second-order valence-electron chi connectivity index (χ2n) is 4.51. The predicted molar refractivity (Wildman–Crippen MR) is 71.6 cm³/mol. The highest BCUT2D eigenvalue weighted by atomic mass is 79.9. The van der Waals surface area contributed by atoms with E-state index in [2.05, 4.69) is 26.1 Å². The van der Waals surface area contributed by atoms with Crippen molar-refractivity contribution in [3.63, 3.8) is 0 Å². The summed E-state index contributed by atoms with van der Waals surface area (Å²) in [4.78, 5) is 0. The minimum atomic E-state index is -0.309. The number of rotatable bonds is 4. The number of ether oxygens (including phenoxy) is 1. The van der Waals surface area contributed by atoms with Crippen molar-refractivity contribution in [2.24, 2.45) is 0 Å². The molecule has 0 N–H and O–H groups in total. The highest BCUT2D eigenvalue weighted by Gasteiger charge is 2.12. The highest BCUT2D eigenvalue weighted by molar-refractivity contribution is 9.10. The van der Waals surface area contributed by atoms with Crippen molar-refractivity contribution in [2.75, 3.05) is 0 Å². The van der Waals surface area contributed by atoms with Crippen LogP contribution in [0, 0.1) is 12.7 Å². The fourth-order valence-corrected chi connectivity index (χ4v) is 2.21. The monoisotopic (exact) mass is 328 g/mol. The van der Waals surface area contributed by atoms with Crippen LogP contribution >= 0.6 is 15.9 Å². The van der Waals surface area contributed by atoms with E-state index >= 15 is 0 Å². The van der Waals surface area contributed by atoms with E-state index in [1.165, 1.54) is 12.1 Å². The van der Waals surface area contributed by atoms with E-state index in [0.29, 0.717) is 27.6 Å². The maximum absolute atomic E-state index is 13.1. The van der Waals surface area contributed by atoms with Gasteiger partial charge in [-0.05, 0) is 40.5 Å². The molecule has 0 aliphatic heterocycles. The van der Waals surface area contributed by atoms with E-state index in [9.17, 15) is 4.39 Å². The maximum atomic E-state index is 13.1. The zero-order valence-electron chi connectivity index (χ0n) is 10.9. The van der Waals surface area contributed by atoms with Gasteiger partial charge in [-0.15, -0.1) is 10.2 Å². The number of nitrogens with zero attached hydrogens (tertiary/aromatic N) is 2. The molecule has 0 atom stereocenters. The van der Waals surface area contributed by atoms with Crippen molar-refractivity contribution in [1.29, 1.82) is 0 Å². The van der Waals surface area contributed by atoms with E-state index < -0.39 is 0 Å². The Bertz CT molecular complexity index is 561. The summed E-state index contributed by atoms with van der Waals surface area (Å²) in [6.07, 6.45) is 0. The Labute approximate surface area is 119 Å². The van der Waals surface area contributed by atoms with E-state index in [1.807, 2.05) is 13.8 Å². The van der Waals surface area contributed by atoms with Crippen LogP contribution in [0.4, 0.5) is 4.39 Å². The SMILES string of the molecule is Cc1cc(F)cc(Br)c1OCc1nnc(C(C)C)o1. The van der Waals surface area contributed by atoms with E-state index in [0.717, 1.165) is 0 Å². The molecular weight excluding hydrogens is 315 g/mol. The van der Waals surface area contributed by atoms with Gasteiger partial charge in [0, 0.05) is 5.92 Å². The summed E-state index contributed by atoms with van der Waals surface area (Å²) in [7, 11) is 0. The Kier molecular flexibility index (Phi) is 4.19. The average Bonchev–Trinajstić information content (AvgIpc) is 2.76. The molecule has 0 bridgehead atoms. The number of halogens is 2. The van der Waals surface area contributed by atoms with E-state index in [1.54, 1.807) is 6.92 Å². The normalized spacial score (nSPS) is 11.1. The fraction of sp³-hybridized carbons (Fsp3) is 0.385. The molecule has 1 heterocycles. The minimum Gasteiger partial charge on any atom is -0.482 e. The minimum absolute atomic E-state index is 0.158. The first-order chi connectivity index (χ1) is 8.97. The summed E-state index contributed by atoms with van der Waals surface area (Å²) in [6.45, 7) is 5.87. The summed E-state index contributed by atoms with van der Waals surface area (Å²) in [6, 6.07) is 2.77. The lowest BCUT2D eigenvalue weighted by molar-refractivity contribution is 0.254. The van der Waals surface area contributed by atoms with Crippen molar-refractivity contribution in [2.45, 2.75) is 33.3 Å². The van der Waals surface area contributed by atoms with Crippen molar-refractivity contribution in [3.05, 3.63) is 39.8 Å². The van der Waals surface area contributed by atoms with Crippen LogP contribution in [0.3, 0.4) is 0 Å². The molecule has 0 saturated carbocycles. The Morgan fingerprint density at radius 2 is 2.11 bits per heavy atom. The number of hydrogen-bond acceptors (Lipinski definition) is 4. The average molecular weight is 329 g/mol. The molecule has 1 aromatic heterocycles. The lowest BCUT2D eigenvalue weighted by Gasteiger charge is -2.09. The molecule has 2 rings (SSSR count). The van der Waals surface area contributed by atoms with Crippen LogP contribution in [0.5, 0.6) is 5.75 Å². The Morgan fingerprint density at radius 1 is 1.37 bits per heavy atom. The van der Waals surface area contributed by atoms with Gasteiger partial charge < -0.3 is 9.15 Å². The number of benzene rings is 1. The van der Waals surface area contributed by atoms with E-state index in [-0.39, 0.29) is 18.3 Å². The van der Waals surface area contributed by atoms with Crippen LogP contribution in [-0.4, -0.2) is 10.2 Å². The second kappa shape index (κ2) is 5.69. The van der Waals surface area contributed by atoms with Gasteiger partial charge in [0.2, 0.25) is 5.89 Å². The van der Waals surface area contributed by atoms with Gasteiger partial charge in [-0.2, -0.15) is 0 Å². The molecule has 4 nitrogen and oxygen atoms in total. The third-order valence-corrected chi connectivity index (χ3v) is 3.10. The molecule has 0 radical (unpaired) electrons. The van der Waals surface area contributed by atoms with Gasteiger partial charge in [-0.3, -0.25) is 0 Å². The van der Waals surface area contributed by atoms with Gasteiger partial charge in [-0.1, -0.05) is 13.8 Å². The van der Waals surface area contributed by atoms with Crippen molar-refractivity contribution in [1.82, 2.24) is 10.2 Å². The zero-order valence-corrected chi connectivity index (χ0v) is 12.5. The van der Waals surface area contributed by atoms with Crippen molar-refractivity contribution in [3.8, 4) is 5.75 Å². The molecule has 6 heteroatoms. The molecule has 0 fully saturated rings. The lowest BCUT2D eigenvalue weighted by Crippen LogP contribution is -1.99. The van der Waals surface area contributed by atoms with Crippen molar-refractivity contribution < 1.29 is 13.5 Å². The van der Waals surface area contributed by atoms with Crippen molar-refractivity contribution >= 4 is 15.9 Å². The number of aryl methyl sites for hydroxylation is 1. The summed E-state index contributed by atoms with van der Waals surface area (Å²) >= 11 is 3.27. The van der Waals surface area contributed by atoms with E-state index in [4.69, 9.17) is 9.15 Å². The van der Waals surface area contributed by atoms with Crippen LogP contribution in [0.2, 0.25) is 0 Å². The first-order valence-corrected chi connectivity index (χ1v) is 6.67. The van der Waals surface area contributed by atoms with Crippen LogP contribution in [0.25, 0.3) is 0 Å². The quantitative estimate of drug-likeness (QED) is 0.851. The molecule has 0 unspecified atom stereocenters. The Morgan fingerprint density at radius 3 is 2.68 bits per heavy atom. The molecule has 0 spiro atoms. The first-order valence-electron chi connectivity index (χ1n) is 5.88. The highest BCUT2D eigenvalue weighted by Crippen LogP contribution is 2.30. The lowest BCUT2D eigenvalue weighted by atomic mass is 10.2. The van der Waals surface area contributed by atoms with Gasteiger partial charge in [-0.25, -0.2) is 4.39 Å². The van der Waals surface area contributed by atoms with Crippen LogP contribution in [0.15, 0.2) is 21.0 Å². The molecule has 0 aliphatic carbocycles. The largest absolute Gasteiger partial charge is 0.482 e. The third kappa shape index (κ3) is 3.32. The van der Waals surface area contributed by atoms with Crippen LogP contribution in [-0.2, 0) is 6.61 Å². The molecule has 2 aromatic rings. The first kappa shape index (κ1) is 14.0. The summed E-state index contributed by atoms with van der Waals surface area (Å²) in [5.74, 6) is 1.43. The van der Waals surface area contributed by atoms with Crippen LogP contribution in [0.1, 0.15) is 37.1 Å². The molecule has 1 aromatic carbocycles. The van der Waals surface area contributed by atoms with Gasteiger partial charge in [0.15, 0.2) is 6.61 Å². The van der Waals surface area contributed by atoms with Gasteiger partial charge >= 0.3 is 0 Å². The van der Waals surface area contributed by atoms with Crippen LogP contribution < -0.4 is 4.74 Å². The second-order valence-corrected chi connectivity index (χ2v) is 5.37. The molecule has 0 saturated heterocycles. The molecule has 0 amide bonds. The molecule has 102 valence electrons. The number of hydrogen-bond donors (Lipinski definition) is 0. The van der Waals surface area contributed by atoms with Gasteiger partial charge in [0.05, 0.1) is 4.47 Å². The molecular formula is C13H14BrFN2O2. The number of aromatic nitrogens is 2.